The van der Waals surface area contributed by atoms with Crippen LogP contribution in [0.1, 0.15) is 34.3 Å². The van der Waals surface area contributed by atoms with Crippen molar-refractivity contribution >= 4 is 11.9 Å². The summed E-state index contributed by atoms with van der Waals surface area (Å²) in [5, 5.41) is 9.50. The Balaban J connectivity index is 1.84. The molecule has 5 nitrogen and oxygen atoms in total. The third-order valence-corrected chi connectivity index (χ3v) is 4.19. The van der Waals surface area contributed by atoms with Crippen LogP contribution in [0.4, 0.5) is 0 Å². The van der Waals surface area contributed by atoms with Gasteiger partial charge in [-0.05, 0) is 42.3 Å². The number of hydrogen-bond acceptors (Lipinski definition) is 3. The number of amides is 1. The summed E-state index contributed by atoms with van der Waals surface area (Å²) in [7, 11) is 0. The van der Waals surface area contributed by atoms with Gasteiger partial charge in [0, 0.05) is 18.7 Å². The van der Waals surface area contributed by atoms with E-state index in [1.807, 2.05) is 31.2 Å². The fourth-order valence-electron chi connectivity index (χ4n) is 3.02. The molecule has 0 radical (unpaired) electrons. The number of carbonyl (C=O) groups excluding carboxylic acids is 1. The molecule has 1 atom stereocenters. The maximum absolute atomic E-state index is 12.7. The molecule has 124 valence electrons. The average Bonchev–Trinajstić information content (AvgIpc) is 2.61. The highest BCUT2D eigenvalue weighted by Gasteiger charge is 2.32. The lowest BCUT2D eigenvalue weighted by Gasteiger charge is -2.32. The molecule has 0 spiro atoms. The zero-order chi connectivity index (χ0) is 17.1. The Morgan fingerprint density at radius 2 is 1.88 bits per heavy atom. The molecular weight excluding hydrogens is 306 g/mol. The van der Waals surface area contributed by atoms with Gasteiger partial charge in [-0.1, -0.05) is 24.3 Å². The summed E-state index contributed by atoms with van der Waals surface area (Å²) >= 11 is 0. The van der Waals surface area contributed by atoms with Gasteiger partial charge in [-0.2, -0.15) is 0 Å². The summed E-state index contributed by atoms with van der Waals surface area (Å²) in [6.45, 7) is 3.07. The molecule has 0 aliphatic carbocycles. The van der Waals surface area contributed by atoms with Gasteiger partial charge < -0.3 is 14.7 Å². The monoisotopic (exact) mass is 325 g/mol. The lowest BCUT2D eigenvalue weighted by Crippen LogP contribution is -2.40. The van der Waals surface area contributed by atoms with Gasteiger partial charge in [-0.15, -0.1) is 0 Å². The number of carboxylic acid groups (broad SMARTS) is 1. The lowest BCUT2D eigenvalue weighted by atomic mass is 9.89. The van der Waals surface area contributed by atoms with Crippen LogP contribution in [0.3, 0.4) is 0 Å². The first kappa shape index (κ1) is 16.1. The summed E-state index contributed by atoms with van der Waals surface area (Å²) in [6, 6.07) is 14.3. The van der Waals surface area contributed by atoms with Crippen LogP contribution >= 0.6 is 0 Å². The van der Waals surface area contributed by atoms with Gasteiger partial charge in [-0.3, -0.25) is 9.59 Å². The number of benzene rings is 2. The van der Waals surface area contributed by atoms with Gasteiger partial charge in [0.15, 0.2) is 0 Å². The van der Waals surface area contributed by atoms with Crippen LogP contribution in [0.5, 0.6) is 5.75 Å². The van der Waals surface area contributed by atoms with Crippen molar-refractivity contribution in [2.45, 2.75) is 19.4 Å². The molecule has 1 aliphatic heterocycles. The molecule has 2 aromatic carbocycles. The minimum Gasteiger partial charge on any atom is -0.494 e. The van der Waals surface area contributed by atoms with E-state index in [2.05, 4.69) is 0 Å². The smallest absolute Gasteiger partial charge is 0.312 e. The third kappa shape index (κ3) is 3.11. The topological polar surface area (TPSA) is 66.8 Å². The van der Waals surface area contributed by atoms with Gasteiger partial charge in [-0.25, -0.2) is 0 Å². The second kappa shape index (κ2) is 6.74. The van der Waals surface area contributed by atoms with Crippen molar-refractivity contribution in [1.82, 2.24) is 4.90 Å². The third-order valence-electron chi connectivity index (χ3n) is 4.19. The van der Waals surface area contributed by atoms with E-state index >= 15 is 0 Å². The van der Waals surface area contributed by atoms with Crippen molar-refractivity contribution in [2.75, 3.05) is 13.2 Å². The summed E-state index contributed by atoms with van der Waals surface area (Å²) in [4.78, 5) is 25.9. The summed E-state index contributed by atoms with van der Waals surface area (Å²) < 4.78 is 5.38. The highest BCUT2D eigenvalue weighted by Crippen LogP contribution is 2.29. The standard InChI is InChI=1S/C19H19NO4/c1-2-24-15-9-7-13(8-10-15)18(21)20-11-14-5-3-4-6-16(14)17(12-20)19(22)23/h3-10,17H,2,11-12H2,1H3,(H,22,23). The zero-order valence-corrected chi connectivity index (χ0v) is 13.4. The summed E-state index contributed by atoms with van der Waals surface area (Å²) in [6.07, 6.45) is 0. The highest BCUT2D eigenvalue weighted by atomic mass is 16.5. The molecular formula is C19H19NO4. The molecule has 0 aromatic heterocycles. The van der Waals surface area contributed by atoms with Crippen molar-refractivity contribution in [3.05, 3.63) is 65.2 Å². The van der Waals surface area contributed by atoms with Crippen molar-refractivity contribution in [3.8, 4) is 5.75 Å². The number of fused-ring (bicyclic) bond motifs is 1. The molecule has 1 unspecified atom stereocenters. The molecule has 1 N–H and O–H groups in total. The molecule has 24 heavy (non-hydrogen) atoms. The number of nitrogens with zero attached hydrogens (tertiary/aromatic N) is 1. The van der Waals surface area contributed by atoms with Gasteiger partial charge >= 0.3 is 5.97 Å². The molecule has 3 rings (SSSR count). The summed E-state index contributed by atoms with van der Waals surface area (Å²) in [5.74, 6) is -1.06. The first-order valence-electron chi connectivity index (χ1n) is 7.93. The number of aliphatic carboxylic acids is 1. The van der Waals surface area contributed by atoms with Crippen LogP contribution in [0, 0.1) is 0 Å². The van der Waals surface area contributed by atoms with E-state index in [0.717, 1.165) is 11.1 Å². The predicted molar refractivity (Wildman–Crippen MR) is 89.2 cm³/mol. The van der Waals surface area contributed by atoms with Gasteiger partial charge in [0.1, 0.15) is 5.75 Å². The van der Waals surface area contributed by atoms with E-state index in [1.54, 1.807) is 29.2 Å². The van der Waals surface area contributed by atoms with Crippen LogP contribution in [0.15, 0.2) is 48.5 Å². The van der Waals surface area contributed by atoms with E-state index in [0.29, 0.717) is 24.5 Å². The zero-order valence-electron chi connectivity index (χ0n) is 13.4. The minimum absolute atomic E-state index is 0.168. The summed E-state index contributed by atoms with van der Waals surface area (Å²) in [5.41, 5.74) is 2.21. The maximum atomic E-state index is 12.7. The second-order valence-corrected chi connectivity index (χ2v) is 5.73. The first-order valence-corrected chi connectivity index (χ1v) is 7.93. The van der Waals surface area contributed by atoms with Gasteiger partial charge in [0.25, 0.3) is 5.91 Å². The largest absolute Gasteiger partial charge is 0.494 e. The Morgan fingerprint density at radius 1 is 1.17 bits per heavy atom. The van der Waals surface area contributed by atoms with E-state index in [-0.39, 0.29) is 12.5 Å². The normalized spacial score (nSPS) is 16.4. The van der Waals surface area contributed by atoms with Crippen molar-refractivity contribution in [2.24, 2.45) is 0 Å². The van der Waals surface area contributed by atoms with Crippen LogP contribution in [0.25, 0.3) is 0 Å². The fraction of sp³-hybridized carbons (Fsp3) is 0.263. The van der Waals surface area contributed by atoms with Crippen LogP contribution < -0.4 is 4.74 Å². The predicted octanol–water partition coefficient (Wildman–Crippen LogP) is 2.91. The highest BCUT2D eigenvalue weighted by molar-refractivity contribution is 5.95. The van der Waals surface area contributed by atoms with E-state index in [9.17, 15) is 14.7 Å². The number of carboxylic acids is 1. The van der Waals surface area contributed by atoms with Crippen LogP contribution in [0.2, 0.25) is 0 Å². The van der Waals surface area contributed by atoms with Gasteiger partial charge in [0.05, 0.1) is 12.5 Å². The van der Waals surface area contributed by atoms with E-state index < -0.39 is 11.9 Å². The maximum Gasteiger partial charge on any atom is 0.312 e. The van der Waals surface area contributed by atoms with E-state index in [4.69, 9.17) is 4.74 Å². The molecule has 1 aliphatic rings. The number of carbonyl (C=O) groups is 2. The van der Waals surface area contributed by atoms with Crippen LogP contribution in [-0.2, 0) is 11.3 Å². The quantitative estimate of drug-likeness (QED) is 0.938. The second-order valence-electron chi connectivity index (χ2n) is 5.73. The molecule has 1 amide bonds. The number of hydrogen-bond donors (Lipinski definition) is 1. The molecule has 1 heterocycles. The van der Waals surface area contributed by atoms with Gasteiger partial charge in [0.2, 0.25) is 0 Å². The molecule has 0 saturated carbocycles. The number of rotatable bonds is 4. The molecule has 5 heteroatoms. The van der Waals surface area contributed by atoms with Crippen LogP contribution in [-0.4, -0.2) is 35.0 Å². The van der Waals surface area contributed by atoms with Crippen molar-refractivity contribution < 1.29 is 19.4 Å². The average molecular weight is 325 g/mol. The Morgan fingerprint density at radius 3 is 2.54 bits per heavy atom. The Kier molecular flexibility index (Phi) is 4.51. The fourth-order valence-corrected chi connectivity index (χ4v) is 3.02. The van der Waals surface area contributed by atoms with Crippen molar-refractivity contribution in [1.29, 1.82) is 0 Å². The Bertz CT molecular complexity index is 754. The SMILES string of the molecule is CCOc1ccc(C(=O)N2Cc3ccccc3C(C(=O)O)C2)cc1. The molecule has 0 bridgehead atoms. The first-order chi connectivity index (χ1) is 11.6. The lowest BCUT2D eigenvalue weighted by molar-refractivity contribution is -0.139. The minimum atomic E-state index is -0.911. The molecule has 0 saturated heterocycles. The van der Waals surface area contributed by atoms with E-state index in [1.165, 1.54) is 0 Å². The Labute approximate surface area is 140 Å². The Hall–Kier alpha value is -2.82. The number of ether oxygens (including phenoxy) is 1. The van der Waals surface area contributed by atoms with Crippen molar-refractivity contribution in [3.63, 3.8) is 0 Å². The molecule has 0 fully saturated rings. The molecule has 2 aromatic rings.